The second-order valence-corrected chi connectivity index (χ2v) is 9.28. The maximum atomic E-state index is 13.4. The van der Waals surface area contributed by atoms with E-state index in [1.54, 1.807) is 12.1 Å². The van der Waals surface area contributed by atoms with Crippen LogP contribution in [0, 0.1) is 11.7 Å². The molecule has 0 N–H and O–H groups in total. The van der Waals surface area contributed by atoms with E-state index < -0.39 is 0 Å². The minimum Gasteiger partial charge on any atom is -0.353 e. The van der Waals surface area contributed by atoms with Crippen LogP contribution >= 0.6 is 0 Å². The minimum absolute atomic E-state index is 0.257. The summed E-state index contributed by atoms with van der Waals surface area (Å²) in [6.45, 7) is 9.21. The average Bonchev–Trinajstić information content (AvgIpc) is 3.45. The minimum atomic E-state index is -0.257. The SMILES string of the molecule is CC(C)CCn1cc(-c2cc(N3CCN(C)CC3)nn3cc(-c4ccc(F)cc4)nc23)cn1. The molecule has 0 aliphatic carbocycles. The van der Waals surface area contributed by atoms with Crippen molar-refractivity contribution >= 4 is 11.5 Å². The molecule has 8 heteroatoms. The van der Waals surface area contributed by atoms with Crippen molar-refractivity contribution < 1.29 is 4.39 Å². The van der Waals surface area contributed by atoms with E-state index in [1.807, 2.05) is 21.6 Å². The molecular formula is C25H30FN7. The smallest absolute Gasteiger partial charge is 0.162 e. The lowest BCUT2D eigenvalue weighted by Gasteiger charge is -2.33. The molecule has 1 aliphatic heterocycles. The number of imidazole rings is 1. The van der Waals surface area contributed by atoms with E-state index in [9.17, 15) is 4.39 Å². The van der Waals surface area contributed by atoms with E-state index in [0.29, 0.717) is 5.92 Å². The Bertz CT molecular complexity index is 1230. The Labute approximate surface area is 193 Å². The summed E-state index contributed by atoms with van der Waals surface area (Å²) in [5.74, 6) is 1.30. The van der Waals surface area contributed by atoms with E-state index in [4.69, 9.17) is 10.1 Å². The van der Waals surface area contributed by atoms with E-state index in [1.165, 1.54) is 12.1 Å². The third kappa shape index (κ3) is 4.61. The summed E-state index contributed by atoms with van der Waals surface area (Å²) in [5.41, 5.74) is 4.43. The van der Waals surface area contributed by atoms with Crippen LogP contribution in [-0.2, 0) is 6.54 Å². The largest absolute Gasteiger partial charge is 0.353 e. The number of likely N-dealkylation sites (N-methyl/N-ethyl adjacent to an activating group) is 1. The van der Waals surface area contributed by atoms with Crippen molar-refractivity contribution in [2.75, 3.05) is 38.1 Å². The number of anilines is 1. The van der Waals surface area contributed by atoms with Gasteiger partial charge in [0.2, 0.25) is 0 Å². The highest BCUT2D eigenvalue weighted by molar-refractivity contribution is 5.80. The molecule has 3 aromatic heterocycles. The summed E-state index contributed by atoms with van der Waals surface area (Å²) < 4.78 is 17.3. The Kier molecular flexibility index (Phi) is 5.85. The molecule has 1 saturated heterocycles. The zero-order valence-electron chi connectivity index (χ0n) is 19.4. The van der Waals surface area contributed by atoms with Crippen molar-refractivity contribution in [3.05, 3.63) is 54.7 Å². The number of piperazine rings is 1. The third-order valence-corrected chi connectivity index (χ3v) is 6.26. The molecular weight excluding hydrogens is 417 g/mol. The van der Waals surface area contributed by atoms with Crippen LogP contribution in [0.15, 0.2) is 48.9 Å². The molecule has 0 saturated carbocycles. The summed E-state index contributed by atoms with van der Waals surface area (Å²) in [6, 6.07) is 8.56. The molecule has 1 aliphatic rings. The number of aromatic nitrogens is 5. The van der Waals surface area contributed by atoms with Gasteiger partial charge in [-0.1, -0.05) is 13.8 Å². The van der Waals surface area contributed by atoms with Crippen molar-refractivity contribution in [2.45, 2.75) is 26.8 Å². The van der Waals surface area contributed by atoms with E-state index >= 15 is 0 Å². The number of halogens is 1. The van der Waals surface area contributed by atoms with E-state index in [2.05, 4.69) is 48.1 Å². The lowest BCUT2D eigenvalue weighted by molar-refractivity contribution is 0.311. The van der Waals surface area contributed by atoms with Crippen molar-refractivity contribution in [2.24, 2.45) is 5.92 Å². The van der Waals surface area contributed by atoms with Crippen LogP contribution in [0.5, 0.6) is 0 Å². The number of hydrogen-bond donors (Lipinski definition) is 0. The molecule has 7 nitrogen and oxygen atoms in total. The molecule has 33 heavy (non-hydrogen) atoms. The number of fused-ring (bicyclic) bond motifs is 1. The van der Waals surface area contributed by atoms with Gasteiger partial charge < -0.3 is 9.80 Å². The first kappa shape index (κ1) is 21.6. The number of nitrogens with zero attached hydrogens (tertiary/aromatic N) is 7. The maximum Gasteiger partial charge on any atom is 0.162 e. The van der Waals surface area contributed by atoms with Gasteiger partial charge in [-0.05, 0) is 49.7 Å². The first-order valence-electron chi connectivity index (χ1n) is 11.6. The predicted molar refractivity (Wildman–Crippen MR) is 129 cm³/mol. The summed E-state index contributed by atoms with van der Waals surface area (Å²) in [5, 5.41) is 9.50. The van der Waals surface area contributed by atoms with Crippen LogP contribution < -0.4 is 4.90 Å². The maximum absolute atomic E-state index is 13.4. The van der Waals surface area contributed by atoms with Gasteiger partial charge in [-0.15, -0.1) is 5.10 Å². The van der Waals surface area contributed by atoms with E-state index in [-0.39, 0.29) is 5.82 Å². The molecule has 0 atom stereocenters. The number of aryl methyl sites for hydroxylation is 1. The van der Waals surface area contributed by atoms with Crippen molar-refractivity contribution in [1.29, 1.82) is 0 Å². The van der Waals surface area contributed by atoms with Crippen LogP contribution in [0.2, 0.25) is 0 Å². The Morgan fingerprint density at radius 1 is 1.00 bits per heavy atom. The molecule has 0 spiro atoms. The Morgan fingerprint density at radius 3 is 2.48 bits per heavy atom. The number of rotatable bonds is 6. The van der Waals surface area contributed by atoms with Crippen LogP contribution in [0.25, 0.3) is 28.0 Å². The van der Waals surface area contributed by atoms with Gasteiger partial charge in [0.1, 0.15) is 11.6 Å². The second kappa shape index (κ2) is 8.94. The zero-order chi connectivity index (χ0) is 22.9. The fraction of sp³-hybridized carbons (Fsp3) is 0.400. The molecule has 1 aromatic carbocycles. The first-order chi connectivity index (χ1) is 16.0. The van der Waals surface area contributed by atoms with Gasteiger partial charge in [0, 0.05) is 55.6 Å². The van der Waals surface area contributed by atoms with Crippen LogP contribution in [0.1, 0.15) is 20.3 Å². The number of benzene rings is 1. The van der Waals surface area contributed by atoms with Gasteiger partial charge in [-0.2, -0.15) is 5.10 Å². The molecule has 0 amide bonds. The predicted octanol–water partition coefficient (Wildman–Crippen LogP) is 4.20. The Hall–Kier alpha value is -3.26. The molecule has 4 heterocycles. The molecule has 172 valence electrons. The second-order valence-electron chi connectivity index (χ2n) is 9.28. The number of hydrogen-bond acceptors (Lipinski definition) is 5. The Morgan fingerprint density at radius 2 is 1.76 bits per heavy atom. The fourth-order valence-electron chi connectivity index (χ4n) is 4.14. The molecule has 5 rings (SSSR count). The summed E-state index contributed by atoms with van der Waals surface area (Å²) >= 11 is 0. The van der Waals surface area contributed by atoms with Gasteiger partial charge in [0.25, 0.3) is 0 Å². The molecule has 0 radical (unpaired) electrons. The average molecular weight is 448 g/mol. The first-order valence-corrected chi connectivity index (χ1v) is 11.6. The van der Waals surface area contributed by atoms with Gasteiger partial charge in [-0.25, -0.2) is 13.9 Å². The zero-order valence-corrected chi connectivity index (χ0v) is 19.4. The van der Waals surface area contributed by atoms with Crippen LogP contribution in [0.3, 0.4) is 0 Å². The van der Waals surface area contributed by atoms with Crippen molar-refractivity contribution in [3.63, 3.8) is 0 Å². The summed E-state index contributed by atoms with van der Waals surface area (Å²) in [4.78, 5) is 9.54. The topological polar surface area (TPSA) is 54.5 Å². The third-order valence-electron chi connectivity index (χ3n) is 6.26. The van der Waals surface area contributed by atoms with Crippen molar-refractivity contribution in [3.8, 4) is 22.4 Å². The standard InChI is InChI=1S/C25H30FN7/c1-18(2)8-9-32-16-20(15-27-32)22-14-24(31-12-10-30(3)11-13-31)29-33-17-23(28-25(22)33)19-4-6-21(26)7-5-19/h4-7,14-18H,8-13H2,1-3H3. The van der Waals surface area contributed by atoms with Gasteiger partial charge >= 0.3 is 0 Å². The lowest BCUT2D eigenvalue weighted by Crippen LogP contribution is -2.45. The lowest BCUT2D eigenvalue weighted by atomic mass is 10.1. The monoisotopic (exact) mass is 447 g/mol. The quantitative estimate of drug-likeness (QED) is 0.444. The molecule has 0 unspecified atom stereocenters. The van der Waals surface area contributed by atoms with Gasteiger partial charge in [0.15, 0.2) is 5.65 Å². The summed E-state index contributed by atoms with van der Waals surface area (Å²) in [6.07, 6.45) is 7.01. The Balaban J connectivity index is 1.58. The van der Waals surface area contributed by atoms with Crippen LogP contribution in [0.4, 0.5) is 10.2 Å². The van der Waals surface area contributed by atoms with Crippen molar-refractivity contribution in [1.82, 2.24) is 29.3 Å². The molecule has 0 bridgehead atoms. The molecule has 4 aromatic rings. The van der Waals surface area contributed by atoms with E-state index in [0.717, 1.165) is 73.0 Å². The highest BCUT2D eigenvalue weighted by Crippen LogP contribution is 2.30. The van der Waals surface area contributed by atoms with Gasteiger partial charge in [0.05, 0.1) is 18.1 Å². The fourth-order valence-corrected chi connectivity index (χ4v) is 4.14. The highest BCUT2D eigenvalue weighted by Gasteiger charge is 2.20. The normalized spacial score (nSPS) is 15.1. The highest BCUT2D eigenvalue weighted by atomic mass is 19.1. The molecule has 1 fully saturated rings. The van der Waals surface area contributed by atoms with Gasteiger partial charge in [-0.3, -0.25) is 4.68 Å². The van der Waals surface area contributed by atoms with Crippen LogP contribution in [-0.4, -0.2) is 62.5 Å². The summed E-state index contributed by atoms with van der Waals surface area (Å²) in [7, 11) is 2.15.